The molecule has 9 heteroatoms. The van der Waals surface area contributed by atoms with Crippen molar-refractivity contribution in [2.24, 2.45) is 0 Å². The van der Waals surface area contributed by atoms with Gasteiger partial charge in [-0.2, -0.15) is 4.31 Å². The highest BCUT2D eigenvalue weighted by atomic mass is 32.2. The number of nitrogens with one attached hydrogen (secondary N) is 2. The average Bonchev–Trinajstić information content (AvgIpc) is 2.55. The van der Waals surface area contributed by atoms with Crippen molar-refractivity contribution >= 4 is 27.5 Å². The number of amides is 2. The lowest BCUT2D eigenvalue weighted by molar-refractivity contribution is -0.134. The van der Waals surface area contributed by atoms with Gasteiger partial charge in [-0.05, 0) is 31.2 Å². The van der Waals surface area contributed by atoms with Crippen LogP contribution < -0.4 is 10.6 Å². The molecular formula is C16H24N4O4S. The van der Waals surface area contributed by atoms with Crippen LogP contribution in [0.15, 0.2) is 29.2 Å². The van der Waals surface area contributed by atoms with E-state index in [0.29, 0.717) is 25.3 Å². The zero-order chi connectivity index (χ0) is 18.6. The highest BCUT2D eigenvalue weighted by Crippen LogP contribution is 2.18. The van der Waals surface area contributed by atoms with E-state index in [1.54, 1.807) is 4.90 Å². The van der Waals surface area contributed by atoms with Gasteiger partial charge in [0.25, 0.3) is 0 Å². The van der Waals surface area contributed by atoms with E-state index in [0.717, 1.165) is 4.31 Å². The number of hydrogen-bond donors (Lipinski definition) is 2. The van der Waals surface area contributed by atoms with Gasteiger partial charge in [0.15, 0.2) is 0 Å². The fraction of sp³-hybridized carbons (Fsp3) is 0.500. The molecule has 1 aromatic rings. The number of carbonyl (C=O) groups excluding carboxylic acids is 2. The van der Waals surface area contributed by atoms with Crippen molar-refractivity contribution in [2.75, 3.05) is 38.5 Å². The fourth-order valence-electron chi connectivity index (χ4n) is 2.67. The molecule has 1 aliphatic rings. The van der Waals surface area contributed by atoms with Gasteiger partial charge < -0.3 is 15.5 Å². The van der Waals surface area contributed by atoms with Crippen molar-refractivity contribution in [1.82, 2.24) is 14.5 Å². The molecule has 0 unspecified atom stereocenters. The van der Waals surface area contributed by atoms with Gasteiger partial charge in [-0.1, -0.05) is 0 Å². The number of likely N-dealkylation sites (N-methyl/N-ethyl adjacent to an activating group) is 1. The van der Waals surface area contributed by atoms with E-state index in [4.69, 9.17) is 0 Å². The summed E-state index contributed by atoms with van der Waals surface area (Å²) in [7, 11) is -2.39. The molecule has 0 bridgehead atoms. The van der Waals surface area contributed by atoms with Crippen LogP contribution in [0.5, 0.6) is 0 Å². The number of nitrogens with zero attached hydrogens (tertiary/aromatic N) is 2. The molecule has 0 spiro atoms. The highest BCUT2D eigenvalue weighted by molar-refractivity contribution is 7.89. The molecular weight excluding hydrogens is 344 g/mol. The number of carbonyl (C=O) groups is 2. The SMILES string of the molecule is CC(=O)Nc1ccc(S(=O)(=O)N(C)CC(=O)N2CCNC[C@@H]2C)cc1. The third-order valence-corrected chi connectivity index (χ3v) is 5.88. The van der Waals surface area contributed by atoms with E-state index in [9.17, 15) is 18.0 Å². The Kier molecular flexibility index (Phi) is 6.15. The van der Waals surface area contributed by atoms with Gasteiger partial charge in [-0.25, -0.2) is 8.42 Å². The smallest absolute Gasteiger partial charge is 0.243 e. The molecule has 8 nitrogen and oxygen atoms in total. The van der Waals surface area contributed by atoms with E-state index < -0.39 is 10.0 Å². The molecule has 1 aromatic carbocycles. The number of benzene rings is 1. The van der Waals surface area contributed by atoms with Crippen LogP contribution in [-0.2, 0) is 19.6 Å². The lowest BCUT2D eigenvalue weighted by Crippen LogP contribution is -2.54. The monoisotopic (exact) mass is 368 g/mol. The zero-order valence-corrected chi connectivity index (χ0v) is 15.5. The zero-order valence-electron chi connectivity index (χ0n) is 14.7. The van der Waals surface area contributed by atoms with Crippen molar-refractivity contribution in [3.8, 4) is 0 Å². The number of sulfonamides is 1. The molecule has 2 amide bonds. The Morgan fingerprint density at radius 3 is 2.52 bits per heavy atom. The average molecular weight is 368 g/mol. The van der Waals surface area contributed by atoms with Crippen LogP contribution in [0.1, 0.15) is 13.8 Å². The van der Waals surface area contributed by atoms with E-state index >= 15 is 0 Å². The molecule has 2 N–H and O–H groups in total. The molecule has 1 aliphatic heterocycles. The van der Waals surface area contributed by atoms with E-state index in [2.05, 4.69) is 10.6 Å². The molecule has 0 aliphatic carbocycles. The second kappa shape index (κ2) is 7.94. The fourth-order valence-corrected chi connectivity index (χ4v) is 3.79. The summed E-state index contributed by atoms with van der Waals surface area (Å²) >= 11 is 0. The highest BCUT2D eigenvalue weighted by Gasteiger charge is 2.28. The molecule has 1 heterocycles. The maximum Gasteiger partial charge on any atom is 0.243 e. The third kappa shape index (κ3) is 4.77. The molecule has 1 fully saturated rings. The van der Waals surface area contributed by atoms with Crippen LogP contribution in [-0.4, -0.2) is 68.7 Å². The summed E-state index contributed by atoms with van der Waals surface area (Å²) < 4.78 is 26.3. The standard InChI is InChI=1S/C16H24N4O4S/c1-12-10-17-8-9-20(12)16(22)11-19(3)25(23,24)15-6-4-14(5-7-15)18-13(2)21/h4-7,12,17H,8-11H2,1-3H3,(H,18,21)/t12-/m0/s1. The number of hydrogen-bond acceptors (Lipinski definition) is 5. The summed E-state index contributed by atoms with van der Waals surface area (Å²) in [4.78, 5) is 25.2. The van der Waals surface area contributed by atoms with Crippen molar-refractivity contribution in [3.05, 3.63) is 24.3 Å². The normalized spacial score (nSPS) is 18.2. The predicted molar refractivity (Wildman–Crippen MR) is 94.6 cm³/mol. The lowest BCUT2D eigenvalue weighted by atomic mass is 10.2. The molecule has 0 saturated carbocycles. The van der Waals surface area contributed by atoms with Crippen LogP contribution >= 0.6 is 0 Å². The van der Waals surface area contributed by atoms with Gasteiger partial charge in [0.2, 0.25) is 21.8 Å². The van der Waals surface area contributed by atoms with E-state index in [1.165, 1.54) is 38.2 Å². The lowest BCUT2D eigenvalue weighted by Gasteiger charge is -2.34. The summed E-state index contributed by atoms with van der Waals surface area (Å²) in [5.41, 5.74) is 0.514. The summed E-state index contributed by atoms with van der Waals surface area (Å²) in [6.45, 7) is 5.07. The minimum atomic E-state index is -3.78. The van der Waals surface area contributed by atoms with Crippen LogP contribution in [0.4, 0.5) is 5.69 Å². The van der Waals surface area contributed by atoms with Crippen LogP contribution in [0.2, 0.25) is 0 Å². The second-order valence-electron chi connectivity index (χ2n) is 6.11. The van der Waals surface area contributed by atoms with Gasteiger partial charge >= 0.3 is 0 Å². The van der Waals surface area contributed by atoms with Gasteiger partial charge in [0, 0.05) is 45.3 Å². The minimum Gasteiger partial charge on any atom is -0.336 e. The first kappa shape index (κ1) is 19.4. The molecule has 138 valence electrons. The number of piperazine rings is 1. The summed E-state index contributed by atoms with van der Waals surface area (Å²) in [5.74, 6) is -0.446. The Morgan fingerprint density at radius 2 is 1.96 bits per heavy atom. The first-order chi connectivity index (χ1) is 11.7. The molecule has 25 heavy (non-hydrogen) atoms. The molecule has 0 radical (unpaired) electrons. The van der Waals surface area contributed by atoms with Crippen LogP contribution in [0.3, 0.4) is 0 Å². The van der Waals surface area contributed by atoms with Crippen LogP contribution in [0, 0.1) is 0 Å². The Hall–Kier alpha value is -1.97. The summed E-state index contributed by atoms with van der Waals surface area (Å²) in [6, 6.07) is 5.89. The van der Waals surface area contributed by atoms with Gasteiger partial charge in [-0.15, -0.1) is 0 Å². The largest absolute Gasteiger partial charge is 0.336 e. The Morgan fingerprint density at radius 1 is 1.32 bits per heavy atom. The van der Waals surface area contributed by atoms with Crippen molar-refractivity contribution < 1.29 is 18.0 Å². The van der Waals surface area contributed by atoms with Crippen molar-refractivity contribution in [2.45, 2.75) is 24.8 Å². The van der Waals surface area contributed by atoms with Crippen molar-refractivity contribution in [1.29, 1.82) is 0 Å². The van der Waals surface area contributed by atoms with Gasteiger partial charge in [0.1, 0.15) is 0 Å². The second-order valence-corrected chi connectivity index (χ2v) is 8.15. The molecule has 1 atom stereocenters. The Bertz CT molecular complexity index is 733. The number of rotatable bonds is 5. The maximum atomic E-state index is 12.6. The quantitative estimate of drug-likeness (QED) is 0.767. The maximum absolute atomic E-state index is 12.6. The molecule has 0 aromatic heterocycles. The van der Waals surface area contributed by atoms with Gasteiger partial charge in [-0.3, -0.25) is 9.59 Å². The predicted octanol–water partition coefficient (Wildman–Crippen LogP) is 0.0858. The molecule has 2 rings (SSSR count). The van der Waals surface area contributed by atoms with Gasteiger partial charge in [0.05, 0.1) is 11.4 Å². The van der Waals surface area contributed by atoms with E-state index in [-0.39, 0.29) is 29.3 Å². The summed E-state index contributed by atoms with van der Waals surface area (Å²) in [6.07, 6.45) is 0. The first-order valence-corrected chi connectivity index (χ1v) is 9.50. The number of anilines is 1. The minimum absolute atomic E-state index is 0.0364. The van der Waals surface area contributed by atoms with E-state index in [1.807, 2.05) is 6.92 Å². The Balaban J connectivity index is 2.07. The summed E-state index contributed by atoms with van der Waals surface area (Å²) in [5, 5.41) is 5.77. The van der Waals surface area contributed by atoms with Crippen LogP contribution in [0.25, 0.3) is 0 Å². The topological polar surface area (TPSA) is 98.8 Å². The Labute approximate surface area is 148 Å². The first-order valence-electron chi connectivity index (χ1n) is 8.06. The van der Waals surface area contributed by atoms with Crippen molar-refractivity contribution in [3.63, 3.8) is 0 Å². The third-order valence-electron chi connectivity index (χ3n) is 4.06. The molecule has 1 saturated heterocycles.